The predicted octanol–water partition coefficient (Wildman–Crippen LogP) is 1.73. The second-order valence-electron chi connectivity index (χ2n) is 4.74. The van der Waals surface area contributed by atoms with Crippen LogP contribution in [0.3, 0.4) is 0 Å². The van der Waals surface area contributed by atoms with Crippen molar-refractivity contribution < 1.29 is 14.7 Å². The molecule has 2 heterocycles. The maximum Gasteiger partial charge on any atom is 0.326 e. The molecule has 1 amide bonds. The molecule has 18 heavy (non-hydrogen) atoms. The lowest BCUT2D eigenvalue weighted by Crippen LogP contribution is -2.50. The third-order valence-electron chi connectivity index (χ3n) is 3.66. The van der Waals surface area contributed by atoms with Crippen LogP contribution in [0.1, 0.15) is 36.7 Å². The second-order valence-corrected chi connectivity index (χ2v) is 4.74. The Morgan fingerprint density at radius 2 is 2.33 bits per heavy atom. The van der Waals surface area contributed by atoms with E-state index in [0.29, 0.717) is 24.6 Å². The van der Waals surface area contributed by atoms with E-state index in [0.717, 1.165) is 12.8 Å². The highest BCUT2D eigenvalue weighted by Gasteiger charge is 2.36. The highest BCUT2D eigenvalue weighted by atomic mass is 16.4. The largest absolute Gasteiger partial charge is 0.480 e. The average molecular weight is 250 g/mol. The number of piperidine rings is 1. The fourth-order valence-electron chi connectivity index (χ4n) is 2.50. The molecule has 2 rings (SSSR count). The summed E-state index contributed by atoms with van der Waals surface area (Å²) in [4.78, 5) is 27.8. The van der Waals surface area contributed by atoms with Crippen LogP contribution in [0.4, 0.5) is 0 Å². The van der Waals surface area contributed by atoms with Gasteiger partial charge in [0.05, 0.1) is 0 Å². The Balaban J connectivity index is 2.16. The first kappa shape index (κ1) is 12.7. The summed E-state index contributed by atoms with van der Waals surface area (Å²) in [7, 11) is 0. The zero-order valence-corrected chi connectivity index (χ0v) is 10.4. The van der Waals surface area contributed by atoms with Gasteiger partial charge in [0, 0.05) is 12.7 Å². The van der Waals surface area contributed by atoms with Crippen molar-refractivity contribution in [2.75, 3.05) is 6.54 Å². The molecular weight excluding hydrogens is 232 g/mol. The number of carbonyl (C=O) groups is 2. The van der Waals surface area contributed by atoms with Crippen LogP contribution in [-0.2, 0) is 4.79 Å². The molecule has 1 saturated heterocycles. The third kappa shape index (κ3) is 2.39. The lowest BCUT2D eigenvalue weighted by Gasteiger charge is -2.36. The Morgan fingerprint density at radius 3 is 2.89 bits per heavy atom. The molecule has 0 radical (unpaired) electrons. The summed E-state index contributed by atoms with van der Waals surface area (Å²) in [6.07, 6.45) is 4.07. The van der Waals surface area contributed by atoms with Crippen molar-refractivity contribution in [1.82, 2.24) is 9.88 Å². The van der Waals surface area contributed by atoms with E-state index >= 15 is 0 Å². The summed E-state index contributed by atoms with van der Waals surface area (Å²) in [6.45, 7) is 2.58. The zero-order chi connectivity index (χ0) is 13.1. The topological polar surface area (TPSA) is 73.4 Å². The van der Waals surface area contributed by atoms with Crippen molar-refractivity contribution in [3.8, 4) is 0 Å². The minimum atomic E-state index is -0.909. The molecule has 98 valence electrons. The quantitative estimate of drug-likeness (QED) is 0.858. The van der Waals surface area contributed by atoms with E-state index in [1.165, 1.54) is 4.90 Å². The fraction of sp³-hybridized carbons (Fsp3) is 0.538. The summed E-state index contributed by atoms with van der Waals surface area (Å²) in [5.74, 6) is -0.728. The summed E-state index contributed by atoms with van der Waals surface area (Å²) in [5, 5.41) is 9.26. The standard InChI is InChI=1S/C13H18N2O3/c1-2-9-5-7-15(11(8-9)13(17)18)12(16)10-4-3-6-14-10/h3-4,6,9,11,14H,2,5,7-8H2,1H3,(H,17,18). The molecule has 5 nitrogen and oxygen atoms in total. The molecule has 2 atom stereocenters. The number of aliphatic carboxylic acids is 1. The average Bonchev–Trinajstić information content (AvgIpc) is 2.91. The van der Waals surface area contributed by atoms with Crippen LogP contribution < -0.4 is 0 Å². The van der Waals surface area contributed by atoms with Crippen molar-refractivity contribution in [1.29, 1.82) is 0 Å². The third-order valence-corrected chi connectivity index (χ3v) is 3.66. The van der Waals surface area contributed by atoms with E-state index in [9.17, 15) is 14.7 Å². The number of hydrogen-bond donors (Lipinski definition) is 2. The van der Waals surface area contributed by atoms with Crippen LogP contribution in [0.25, 0.3) is 0 Å². The number of nitrogens with one attached hydrogen (secondary N) is 1. The predicted molar refractivity (Wildman–Crippen MR) is 66.3 cm³/mol. The molecule has 1 fully saturated rings. The molecule has 0 aliphatic carbocycles. The van der Waals surface area contributed by atoms with Crippen molar-refractivity contribution in [3.05, 3.63) is 24.0 Å². The second kappa shape index (κ2) is 5.25. The van der Waals surface area contributed by atoms with Gasteiger partial charge in [0.1, 0.15) is 11.7 Å². The molecule has 0 bridgehead atoms. The van der Waals surface area contributed by atoms with E-state index < -0.39 is 12.0 Å². The van der Waals surface area contributed by atoms with Crippen molar-refractivity contribution >= 4 is 11.9 Å². The molecule has 0 saturated carbocycles. The molecule has 2 unspecified atom stereocenters. The van der Waals surface area contributed by atoms with Gasteiger partial charge in [0.2, 0.25) is 0 Å². The Hall–Kier alpha value is -1.78. The molecule has 0 spiro atoms. The summed E-state index contributed by atoms with van der Waals surface area (Å²) in [6, 6.07) is 2.72. The molecule has 0 aromatic carbocycles. The van der Waals surface area contributed by atoms with Crippen LogP contribution in [0.2, 0.25) is 0 Å². The first-order chi connectivity index (χ1) is 8.63. The van der Waals surface area contributed by atoms with Gasteiger partial charge in [-0.25, -0.2) is 4.79 Å². The summed E-state index contributed by atoms with van der Waals surface area (Å²) < 4.78 is 0. The molecular formula is C13H18N2O3. The van der Waals surface area contributed by atoms with Crippen LogP contribution in [0.15, 0.2) is 18.3 Å². The van der Waals surface area contributed by atoms with E-state index in [2.05, 4.69) is 11.9 Å². The van der Waals surface area contributed by atoms with E-state index in [4.69, 9.17) is 0 Å². The molecule has 5 heteroatoms. The van der Waals surface area contributed by atoms with Crippen molar-refractivity contribution in [3.63, 3.8) is 0 Å². The van der Waals surface area contributed by atoms with Gasteiger partial charge in [-0.05, 0) is 30.9 Å². The fourth-order valence-corrected chi connectivity index (χ4v) is 2.50. The smallest absolute Gasteiger partial charge is 0.326 e. The number of aromatic nitrogens is 1. The number of likely N-dealkylation sites (tertiary alicyclic amines) is 1. The number of hydrogen-bond acceptors (Lipinski definition) is 2. The Kier molecular flexibility index (Phi) is 3.69. The number of nitrogens with zero attached hydrogens (tertiary/aromatic N) is 1. The monoisotopic (exact) mass is 250 g/mol. The van der Waals surface area contributed by atoms with E-state index in [1.807, 2.05) is 0 Å². The van der Waals surface area contributed by atoms with E-state index in [1.54, 1.807) is 18.3 Å². The van der Waals surface area contributed by atoms with Crippen LogP contribution in [0, 0.1) is 5.92 Å². The van der Waals surface area contributed by atoms with Crippen molar-refractivity contribution in [2.24, 2.45) is 5.92 Å². The van der Waals surface area contributed by atoms with Gasteiger partial charge in [0.15, 0.2) is 0 Å². The maximum atomic E-state index is 12.2. The normalized spacial score (nSPS) is 23.9. The highest BCUT2D eigenvalue weighted by molar-refractivity contribution is 5.95. The molecule has 1 aromatic heterocycles. The number of aromatic amines is 1. The lowest BCUT2D eigenvalue weighted by molar-refractivity contribution is -0.144. The Bertz CT molecular complexity index is 427. The minimum absolute atomic E-state index is 0.220. The number of amides is 1. The van der Waals surface area contributed by atoms with Crippen LogP contribution >= 0.6 is 0 Å². The van der Waals surface area contributed by atoms with Gasteiger partial charge in [-0.1, -0.05) is 13.3 Å². The minimum Gasteiger partial charge on any atom is -0.480 e. The van der Waals surface area contributed by atoms with Gasteiger partial charge < -0.3 is 15.0 Å². The molecule has 2 N–H and O–H groups in total. The van der Waals surface area contributed by atoms with Gasteiger partial charge in [-0.15, -0.1) is 0 Å². The summed E-state index contributed by atoms with van der Waals surface area (Å²) in [5.41, 5.74) is 0.455. The first-order valence-corrected chi connectivity index (χ1v) is 6.30. The van der Waals surface area contributed by atoms with Gasteiger partial charge in [-0.3, -0.25) is 4.79 Å². The van der Waals surface area contributed by atoms with Crippen LogP contribution in [-0.4, -0.2) is 39.5 Å². The SMILES string of the molecule is CCC1CCN(C(=O)c2ccc[nH]2)C(C(=O)O)C1. The van der Waals surface area contributed by atoms with Gasteiger partial charge in [-0.2, -0.15) is 0 Å². The zero-order valence-electron chi connectivity index (χ0n) is 10.4. The maximum absolute atomic E-state index is 12.2. The molecule has 1 aliphatic heterocycles. The van der Waals surface area contributed by atoms with Gasteiger partial charge >= 0.3 is 5.97 Å². The highest BCUT2D eigenvalue weighted by Crippen LogP contribution is 2.26. The number of carboxylic acid groups (broad SMARTS) is 1. The van der Waals surface area contributed by atoms with Gasteiger partial charge in [0.25, 0.3) is 5.91 Å². The van der Waals surface area contributed by atoms with E-state index in [-0.39, 0.29) is 5.91 Å². The lowest BCUT2D eigenvalue weighted by atomic mass is 9.88. The Morgan fingerprint density at radius 1 is 1.56 bits per heavy atom. The number of rotatable bonds is 3. The van der Waals surface area contributed by atoms with Crippen molar-refractivity contribution in [2.45, 2.75) is 32.2 Å². The number of carboxylic acids is 1. The summed E-state index contributed by atoms with van der Waals surface area (Å²) >= 11 is 0. The molecule has 1 aliphatic rings. The van der Waals surface area contributed by atoms with Crippen LogP contribution in [0.5, 0.6) is 0 Å². The number of H-pyrrole nitrogens is 1. The Labute approximate surface area is 106 Å². The molecule has 1 aromatic rings. The first-order valence-electron chi connectivity index (χ1n) is 6.30. The number of carbonyl (C=O) groups excluding carboxylic acids is 1.